The van der Waals surface area contributed by atoms with E-state index < -0.39 is 6.61 Å². The zero-order valence-corrected chi connectivity index (χ0v) is 15.1. The molecular weight excluding hydrogens is 406 g/mol. The van der Waals surface area contributed by atoms with Crippen LogP contribution in [-0.4, -0.2) is 21.4 Å². The monoisotopic (exact) mass is 420 g/mol. The lowest BCUT2D eigenvalue weighted by molar-refractivity contribution is -0.0507. The van der Waals surface area contributed by atoms with E-state index in [2.05, 4.69) is 31.3 Å². The highest BCUT2D eigenvalue weighted by molar-refractivity contribution is 9.10. The molecule has 0 bridgehead atoms. The number of nitrogens with one attached hydrogen (secondary N) is 1. The van der Waals surface area contributed by atoms with E-state index >= 15 is 0 Å². The van der Waals surface area contributed by atoms with Crippen molar-refractivity contribution in [1.29, 1.82) is 0 Å². The number of anilines is 1. The van der Waals surface area contributed by atoms with E-state index in [1.54, 1.807) is 28.9 Å². The zero-order chi connectivity index (χ0) is 18.1. The van der Waals surface area contributed by atoms with Gasteiger partial charge in [-0.3, -0.25) is 0 Å². The molecule has 0 radical (unpaired) electrons. The number of hydrogen-bond donors (Lipinski definition) is 1. The molecule has 8 heteroatoms. The molecule has 2 atom stereocenters. The van der Waals surface area contributed by atoms with Crippen molar-refractivity contribution in [1.82, 2.24) is 14.8 Å². The molecule has 0 saturated carbocycles. The van der Waals surface area contributed by atoms with E-state index in [1.807, 2.05) is 24.3 Å². The summed E-state index contributed by atoms with van der Waals surface area (Å²) in [4.78, 5) is 4.26. The van der Waals surface area contributed by atoms with Gasteiger partial charge in [0.1, 0.15) is 12.1 Å². The van der Waals surface area contributed by atoms with Crippen LogP contribution in [-0.2, 0) is 0 Å². The number of para-hydroxylation sites is 1. The lowest BCUT2D eigenvalue weighted by atomic mass is 9.93. The molecule has 1 aromatic heterocycles. The zero-order valence-electron chi connectivity index (χ0n) is 13.5. The molecule has 3 aromatic rings. The van der Waals surface area contributed by atoms with Crippen molar-refractivity contribution in [2.45, 2.75) is 25.1 Å². The fourth-order valence-electron chi connectivity index (χ4n) is 3.28. The van der Waals surface area contributed by atoms with Crippen LogP contribution in [0.2, 0.25) is 0 Å². The van der Waals surface area contributed by atoms with Crippen molar-refractivity contribution in [3.63, 3.8) is 0 Å². The second-order valence-electron chi connectivity index (χ2n) is 5.95. The van der Waals surface area contributed by atoms with E-state index in [0.717, 1.165) is 10.0 Å². The number of aromatic nitrogens is 3. The standard InChI is InChI=1S/C18H15BrF2N4O/c19-12-5-3-4-11(8-12)14-9-15(25-18(24-14)22-10-23-25)13-6-1-2-7-16(13)26-17(20)21/h1-8,10,14-15,17H,9H2,(H,22,23,24). The Balaban J connectivity index is 1.74. The van der Waals surface area contributed by atoms with Crippen molar-refractivity contribution < 1.29 is 13.5 Å². The van der Waals surface area contributed by atoms with Gasteiger partial charge in [0.25, 0.3) is 0 Å². The van der Waals surface area contributed by atoms with Gasteiger partial charge in [0, 0.05) is 10.0 Å². The first kappa shape index (κ1) is 17.0. The van der Waals surface area contributed by atoms with Gasteiger partial charge in [-0.2, -0.15) is 18.9 Å². The SMILES string of the molecule is FC(F)Oc1ccccc1C1CC(c2cccc(Br)c2)Nc2ncnn21. The Labute approximate surface area is 157 Å². The van der Waals surface area contributed by atoms with E-state index in [1.165, 1.54) is 6.33 Å². The molecule has 134 valence electrons. The fraction of sp³-hybridized carbons (Fsp3) is 0.222. The van der Waals surface area contributed by atoms with Crippen molar-refractivity contribution >= 4 is 21.9 Å². The molecule has 2 aromatic carbocycles. The van der Waals surface area contributed by atoms with Crippen molar-refractivity contribution in [3.05, 3.63) is 70.5 Å². The van der Waals surface area contributed by atoms with Crippen LogP contribution in [0, 0.1) is 0 Å². The van der Waals surface area contributed by atoms with Gasteiger partial charge in [-0.25, -0.2) is 4.68 Å². The topological polar surface area (TPSA) is 52.0 Å². The predicted molar refractivity (Wildman–Crippen MR) is 96.4 cm³/mol. The van der Waals surface area contributed by atoms with Gasteiger partial charge >= 0.3 is 6.61 Å². The van der Waals surface area contributed by atoms with Crippen LogP contribution in [0.5, 0.6) is 5.75 Å². The number of rotatable bonds is 4. The van der Waals surface area contributed by atoms with Gasteiger partial charge in [0.2, 0.25) is 5.95 Å². The Bertz CT molecular complexity index is 917. The van der Waals surface area contributed by atoms with Crippen LogP contribution in [0.1, 0.15) is 29.6 Å². The van der Waals surface area contributed by atoms with E-state index in [4.69, 9.17) is 4.74 Å². The highest BCUT2D eigenvalue weighted by Gasteiger charge is 2.32. The number of benzene rings is 2. The lowest BCUT2D eigenvalue weighted by Crippen LogP contribution is -2.28. The lowest BCUT2D eigenvalue weighted by Gasteiger charge is -2.32. The molecule has 4 rings (SSSR count). The van der Waals surface area contributed by atoms with Crippen LogP contribution in [0.25, 0.3) is 0 Å². The fourth-order valence-corrected chi connectivity index (χ4v) is 3.70. The number of halogens is 3. The molecule has 0 aliphatic carbocycles. The normalized spacial score (nSPS) is 19.1. The van der Waals surface area contributed by atoms with Crippen molar-refractivity contribution in [2.24, 2.45) is 0 Å². The molecule has 1 N–H and O–H groups in total. The summed E-state index contributed by atoms with van der Waals surface area (Å²) in [5.74, 6) is 0.752. The highest BCUT2D eigenvalue weighted by atomic mass is 79.9. The minimum Gasteiger partial charge on any atom is -0.434 e. The summed E-state index contributed by atoms with van der Waals surface area (Å²) in [6.45, 7) is -2.88. The Morgan fingerprint density at radius 2 is 2.04 bits per heavy atom. The maximum Gasteiger partial charge on any atom is 0.387 e. The molecular formula is C18H15BrF2N4O. The van der Waals surface area contributed by atoms with Gasteiger partial charge in [0.05, 0.1) is 12.1 Å². The molecule has 0 spiro atoms. The number of hydrogen-bond acceptors (Lipinski definition) is 4. The third-order valence-electron chi connectivity index (χ3n) is 4.38. The first-order valence-electron chi connectivity index (χ1n) is 8.07. The molecule has 1 aliphatic rings. The van der Waals surface area contributed by atoms with Gasteiger partial charge < -0.3 is 10.1 Å². The largest absolute Gasteiger partial charge is 0.434 e. The number of fused-ring (bicyclic) bond motifs is 1. The molecule has 5 nitrogen and oxygen atoms in total. The average Bonchev–Trinajstić information content (AvgIpc) is 3.09. The third-order valence-corrected chi connectivity index (χ3v) is 4.87. The summed E-state index contributed by atoms with van der Waals surface area (Å²) in [5, 5.41) is 7.63. The van der Waals surface area contributed by atoms with Gasteiger partial charge in [-0.15, -0.1) is 0 Å². The Morgan fingerprint density at radius 1 is 1.19 bits per heavy atom. The summed E-state index contributed by atoms with van der Waals surface area (Å²) in [6.07, 6.45) is 2.08. The minimum atomic E-state index is -2.88. The first-order chi connectivity index (χ1) is 12.6. The Kier molecular flexibility index (Phi) is 4.58. The molecule has 0 amide bonds. The van der Waals surface area contributed by atoms with Gasteiger partial charge in [-0.05, 0) is 30.2 Å². The van der Waals surface area contributed by atoms with E-state index in [0.29, 0.717) is 17.9 Å². The van der Waals surface area contributed by atoms with Crippen LogP contribution in [0.3, 0.4) is 0 Å². The van der Waals surface area contributed by atoms with Crippen LogP contribution in [0.4, 0.5) is 14.7 Å². The molecule has 2 heterocycles. The van der Waals surface area contributed by atoms with Crippen LogP contribution < -0.4 is 10.1 Å². The summed E-state index contributed by atoms with van der Waals surface area (Å²) in [6, 6.07) is 14.5. The van der Waals surface area contributed by atoms with E-state index in [9.17, 15) is 8.78 Å². The van der Waals surface area contributed by atoms with Gasteiger partial charge in [-0.1, -0.05) is 46.3 Å². The second-order valence-corrected chi connectivity index (χ2v) is 6.86. The smallest absolute Gasteiger partial charge is 0.387 e. The maximum absolute atomic E-state index is 12.8. The summed E-state index contributed by atoms with van der Waals surface area (Å²) in [5.41, 5.74) is 1.73. The van der Waals surface area contributed by atoms with Gasteiger partial charge in [0.15, 0.2) is 0 Å². The van der Waals surface area contributed by atoms with Crippen molar-refractivity contribution in [3.8, 4) is 5.75 Å². The van der Waals surface area contributed by atoms with E-state index in [-0.39, 0.29) is 17.8 Å². The first-order valence-corrected chi connectivity index (χ1v) is 8.86. The minimum absolute atomic E-state index is 0.0335. The quantitative estimate of drug-likeness (QED) is 0.659. The molecule has 26 heavy (non-hydrogen) atoms. The molecule has 0 fully saturated rings. The molecule has 0 saturated heterocycles. The maximum atomic E-state index is 12.8. The van der Waals surface area contributed by atoms with Crippen LogP contribution >= 0.6 is 15.9 Å². The summed E-state index contributed by atoms with van der Waals surface area (Å²) in [7, 11) is 0. The van der Waals surface area contributed by atoms with Crippen LogP contribution in [0.15, 0.2) is 59.3 Å². The predicted octanol–water partition coefficient (Wildman–Crippen LogP) is 4.79. The van der Waals surface area contributed by atoms with Crippen molar-refractivity contribution in [2.75, 3.05) is 5.32 Å². The summed E-state index contributed by atoms with van der Waals surface area (Å²) >= 11 is 3.49. The number of nitrogens with zero attached hydrogens (tertiary/aromatic N) is 3. The number of alkyl halides is 2. The Morgan fingerprint density at radius 3 is 2.85 bits per heavy atom. The Hall–Kier alpha value is -2.48. The molecule has 1 aliphatic heterocycles. The highest BCUT2D eigenvalue weighted by Crippen LogP contribution is 2.40. The second kappa shape index (κ2) is 7.03. The average molecular weight is 421 g/mol. The summed E-state index contributed by atoms with van der Waals surface area (Å²) < 4.78 is 33.0. The molecule has 2 unspecified atom stereocenters. The number of ether oxygens (including phenoxy) is 1. The third kappa shape index (κ3) is 3.29.